The fourth-order valence-corrected chi connectivity index (χ4v) is 5.04. The van der Waals surface area contributed by atoms with Crippen LogP contribution in [-0.2, 0) is 24.0 Å². The maximum atomic E-state index is 12.0. The first-order chi connectivity index (χ1) is 8.86. The molecule has 19 heavy (non-hydrogen) atoms. The molecule has 1 aromatic rings. The molecule has 1 aliphatic heterocycles. The molecule has 2 N–H and O–H groups in total. The lowest BCUT2D eigenvalue weighted by Crippen LogP contribution is -2.35. The molecule has 0 spiro atoms. The van der Waals surface area contributed by atoms with E-state index in [1.54, 1.807) is 11.3 Å². The molecule has 0 unspecified atom stereocenters. The molecule has 1 aliphatic carbocycles. The molecule has 2 heterocycles. The molecule has 2 atom stereocenters. The number of nitrogens with one attached hydrogen (secondary N) is 2. The molecule has 3 rings (SSSR count). The Hall–Kier alpha value is -0.880. The van der Waals surface area contributed by atoms with Crippen LogP contribution in [0.5, 0.6) is 0 Å². The van der Waals surface area contributed by atoms with Crippen molar-refractivity contribution in [3.63, 3.8) is 0 Å². The minimum absolute atomic E-state index is 0.196. The third kappa shape index (κ3) is 2.21. The molecule has 104 valence electrons. The standard InChI is InChI=1S/C13H18N2O2S2/c1-13(2,3)7-4-5-8-9(6-7)18-12-10(8)11(16)14-19(17)15-12/h7,15H,4-6H2,1-3H3,(H,14,16)/t7-,19-/m1/s1. The number of amides is 1. The fraction of sp³-hybridized carbons (Fsp3) is 0.615. The van der Waals surface area contributed by atoms with Crippen molar-refractivity contribution in [2.75, 3.05) is 4.72 Å². The average molecular weight is 298 g/mol. The van der Waals surface area contributed by atoms with Crippen molar-refractivity contribution in [3.05, 3.63) is 16.0 Å². The van der Waals surface area contributed by atoms with Gasteiger partial charge in [0.25, 0.3) is 5.91 Å². The Morgan fingerprint density at radius 2 is 2.05 bits per heavy atom. The maximum Gasteiger partial charge on any atom is 0.267 e. The van der Waals surface area contributed by atoms with E-state index in [0.29, 0.717) is 11.3 Å². The molecule has 0 radical (unpaired) electrons. The predicted octanol–water partition coefficient (Wildman–Crippen LogP) is 2.63. The molecule has 0 aromatic carbocycles. The molecule has 2 aliphatic rings. The largest absolute Gasteiger partial charge is 0.278 e. The van der Waals surface area contributed by atoms with Crippen LogP contribution in [0.25, 0.3) is 0 Å². The molecule has 4 nitrogen and oxygen atoms in total. The normalized spacial score (nSPS) is 26.2. The monoisotopic (exact) mass is 298 g/mol. The quantitative estimate of drug-likeness (QED) is 0.773. The summed E-state index contributed by atoms with van der Waals surface area (Å²) in [6.45, 7) is 6.82. The lowest BCUT2D eigenvalue weighted by atomic mass is 9.72. The van der Waals surface area contributed by atoms with Gasteiger partial charge in [-0.3, -0.25) is 14.2 Å². The van der Waals surface area contributed by atoms with Crippen molar-refractivity contribution < 1.29 is 9.00 Å². The van der Waals surface area contributed by atoms with Crippen molar-refractivity contribution in [3.8, 4) is 0 Å². The van der Waals surface area contributed by atoms with E-state index in [1.165, 1.54) is 10.4 Å². The SMILES string of the molecule is CC(C)(C)[C@@H]1CCc2c(sc3c2C(=O)N[S@@](=O)N3)C1. The zero-order valence-electron chi connectivity index (χ0n) is 11.3. The number of thiophene rings is 1. The van der Waals surface area contributed by atoms with Gasteiger partial charge in [0.05, 0.1) is 5.56 Å². The first kappa shape index (κ1) is 13.1. The highest BCUT2D eigenvalue weighted by atomic mass is 32.2. The summed E-state index contributed by atoms with van der Waals surface area (Å²) in [5.74, 6) is 0.451. The average Bonchev–Trinajstić information content (AvgIpc) is 2.64. The molecule has 0 saturated heterocycles. The minimum atomic E-state index is -1.48. The van der Waals surface area contributed by atoms with Gasteiger partial charge in [-0.2, -0.15) is 0 Å². The van der Waals surface area contributed by atoms with Crippen LogP contribution in [0.1, 0.15) is 48.0 Å². The summed E-state index contributed by atoms with van der Waals surface area (Å²) in [5.41, 5.74) is 2.19. The van der Waals surface area contributed by atoms with E-state index in [1.807, 2.05) is 0 Å². The van der Waals surface area contributed by atoms with Crippen molar-refractivity contribution in [1.29, 1.82) is 0 Å². The van der Waals surface area contributed by atoms with Crippen LogP contribution in [0.3, 0.4) is 0 Å². The van der Waals surface area contributed by atoms with Gasteiger partial charge in [0, 0.05) is 4.88 Å². The molecular formula is C13H18N2O2S2. The topological polar surface area (TPSA) is 58.2 Å². The van der Waals surface area contributed by atoms with Gasteiger partial charge in [-0.1, -0.05) is 20.8 Å². The van der Waals surface area contributed by atoms with E-state index in [-0.39, 0.29) is 5.91 Å². The molecule has 0 bridgehead atoms. The van der Waals surface area contributed by atoms with Crippen LogP contribution in [-0.4, -0.2) is 10.1 Å². The van der Waals surface area contributed by atoms with Gasteiger partial charge in [-0.05, 0) is 36.2 Å². The van der Waals surface area contributed by atoms with Crippen molar-refractivity contribution in [1.82, 2.24) is 4.72 Å². The minimum Gasteiger partial charge on any atom is -0.278 e. The summed E-state index contributed by atoms with van der Waals surface area (Å²) >= 11 is 0.125. The van der Waals surface area contributed by atoms with Crippen LogP contribution in [0, 0.1) is 11.3 Å². The Labute approximate surface area is 119 Å². The molecule has 0 saturated carbocycles. The second-order valence-electron chi connectivity index (χ2n) is 6.32. The lowest BCUT2D eigenvalue weighted by Gasteiger charge is -2.33. The van der Waals surface area contributed by atoms with Crippen LogP contribution in [0.2, 0.25) is 0 Å². The zero-order valence-corrected chi connectivity index (χ0v) is 13.0. The van der Waals surface area contributed by atoms with Crippen molar-refractivity contribution in [2.24, 2.45) is 11.3 Å². The number of carbonyl (C=O) groups excluding carboxylic acids is 1. The summed E-state index contributed by atoms with van der Waals surface area (Å²) in [7, 11) is 0. The van der Waals surface area contributed by atoms with Gasteiger partial charge in [0.2, 0.25) is 11.2 Å². The van der Waals surface area contributed by atoms with E-state index in [2.05, 4.69) is 30.2 Å². The van der Waals surface area contributed by atoms with Gasteiger partial charge in [-0.15, -0.1) is 11.3 Å². The van der Waals surface area contributed by atoms with Crippen LogP contribution >= 0.6 is 11.3 Å². The second-order valence-corrected chi connectivity index (χ2v) is 8.37. The van der Waals surface area contributed by atoms with E-state index in [9.17, 15) is 9.00 Å². The van der Waals surface area contributed by atoms with Gasteiger partial charge < -0.3 is 0 Å². The van der Waals surface area contributed by atoms with Gasteiger partial charge in [-0.25, -0.2) is 4.21 Å². The zero-order chi connectivity index (χ0) is 13.8. The first-order valence-electron chi connectivity index (χ1n) is 6.50. The Morgan fingerprint density at radius 3 is 2.74 bits per heavy atom. The van der Waals surface area contributed by atoms with Crippen LogP contribution < -0.4 is 9.44 Å². The highest BCUT2D eigenvalue weighted by Crippen LogP contribution is 2.44. The Balaban J connectivity index is 1.99. The number of anilines is 1. The van der Waals surface area contributed by atoms with Crippen molar-refractivity contribution >= 4 is 33.4 Å². The van der Waals surface area contributed by atoms with Gasteiger partial charge in [0.15, 0.2) is 0 Å². The highest BCUT2D eigenvalue weighted by molar-refractivity contribution is 7.85. The summed E-state index contributed by atoms with van der Waals surface area (Å²) < 4.78 is 16.7. The van der Waals surface area contributed by atoms with E-state index >= 15 is 0 Å². The number of hydrogen-bond acceptors (Lipinski definition) is 3. The molecule has 6 heteroatoms. The number of rotatable bonds is 0. The Bertz CT molecular complexity index is 572. The van der Waals surface area contributed by atoms with Crippen LogP contribution in [0.4, 0.5) is 5.00 Å². The molecular weight excluding hydrogens is 280 g/mol. The van der Waals surface area contributed by atoms with Gasteiger partial charge in [0.1, 0.15) is 5.00 Å². The lowest BCUT2D eigenvalue weighted by molar-refractivity contribution is 0.0981. The summed E-state index contributed by atoms with van der Waals surface area (Å²) in [6.07, 6.45) is 3.10. The molecule has 1 aromatic heterocycles. The summed E-state index contributed by atoms with van der Waals surface area (Å²) in [4.78, 5) is 13.3. The Kier molecular flexibility index (Phi) is 2.98. The fourth-order valence-electron chi connectivity index (χ4n) is 2.88. The number of carbonyl (C=O) groups is 1. The highest BCUT2D eigenvalue weighted by Gasteiger charge is 2.35. The third-order valence-corrected chi connectivity index (χ3v) is 6.15. The number of fused-ring (bicyclic) bond motifs is 3. The third-order valence-electron chi connectivity index (χ3n) is 4.09. The van der Waals surface area contributed by atoms with E-state index in [0.717, 1.165) is 29.8 Å². The van der Waals surface area contributed by atoms with E-state index < -0.39 is 11.2 Å². The second kappa shape index (κ2) is 4.31. The molecule has 1 amide bonds. The van der Waals surface area contributed by atoms with Crippen molar-refractivity contribution in [2.45, 2.75) is 40.0 Å². The van der Waals surface area contributed by atoms with E-state index in [4.69, 9.17) is 0 Å². The Morgan fingerprint density at radius 1 is 1.32 bits per heavy atom. The predicted molar refractivity (Wildman–Crippen MR) is 78.5 cm³/mol. The summed E-state index contributed by atoms with van der Waals surface area (Å²) in [6, 6.07) is 0. The summed E-state index contributed by atoms with van der Waals surface area (Å²) in [5, 5.41) is 0.779. The van der Waals surface area contributed by atoms with Crippen LogP contribution in [0.15, 0.2) is 0 Å². The maximum absolute atomic E-state index is 12.0. The number of hydrogen-bond donors (Lipinski definition) is 2. The first-order valence-corrected chi connectivity index (χ1v) is 8.47. The molecule has 0 fully saturated rings. The smallest absolute Gasteiger partial charge is 0.267 e. The van der Waals surface area contributed by atoms with Gasteiger partial charge >= 0.3 is 0 Å².